The van der Waals surface area contributed by atoms with Gasteiger partial charge in [0.05, 0.1) is 5.33 Å². The Morgan fingerprint density at radius 1 is 1.53 bits per heavy atom. The van der Waals surface area contributed by atoms with Gasteiger partial charge in [0.1, 0.15) is 5.75 Å². The molecule has 1 rings (SSSR count). The van der Waals surface area contributed by atoms with Gasteiger partial charge in [0.15, 0.2) is 0 Å². The zero-order valence-electron chi connectivity index (χ0n) is 7.96. The van der Waals surface area contributed by atoms with Gasteiger partial charge in [-0.05, 0) is 30.2 Å². The highest BCUT2D eigenvalue weighted by molar-refractivity contribution is 9.09. The molecule has 0 radical (unpaired) electrons. The molecule has 0 atom stereocenters. The van der Waals surface area contributed by atoms with E-state index < -0.39 is 0 Å². The second kappa shape index (κ2) is 5.98. The molecule has 82 valence electrons. The molecular formula is C10H11BrClNO2. The van der Waals surface area contributed by atoms with E-state index in [1.165, 1.54) is 0 Å². The number of alkyl halides is 1. The second-order valence-corrected chi connectivity index (χ2v) is 4.00. The predicted molar refractivity (Wildman–Crippen MR) is 63.6 cm³/mol. The molecule has 0 spiro atoms. The molecule has 3 nitrogen and oxygen atoms in total. The average Bonchev–Trinajstić information content (AvgIpc) is 2.23. The van der Waals surface area contributed by atoms with Crippen LogP contribution in [0.5, 0.6) is 5.75 Å². The molecule has 2 N–H and O–H groups in total. The number of carbonyl (C=O) groups is 1. The van der Waals surface area contributed by atoms with Crippen LogP contribution >= 0.6 is 27.5 Å². The van der Waals surface area contributed by atoms with Crippen molar-refractivity contribution in [1.82, 2.24) is 5.32 Å². The van der Waals surface area contributed by atoms with E-state index in [1.807, 2.05) is 0 Å². The lowest BCUT2D eigenvalue weighted by Gasteiger charge is -2.05. The van der Waals surface area contributed by atoms with Crippen molar-refractivity contribution in [2.75, 3.05) is 11.9 Å². The van der Waals surface area contributed by atoms with Crippen LogP contribution in [0.4, 0.5) is 0 Å². The van der Waals surface area contributed by atoms with Crippen molar-refractivity contribution >= 4 is 33.4 Å². The molecule has 0 unspecified atom stereocenters. The Morgan fingerprint density at radius 2 is 2.27 bits per heavy atom. The summed E-state index contributed by atoms with van der Waals surface area (Å²) < 4.78 is 0. The first-order valence-corrected chi connectivity index (χ1v) is 5.93. The molecule has 0 aliphatic carbocycles. The van der Waals surface area contributed by atoms with Crippen molar-refractivity contribution in [2.24, 2.45) is 0 Å². The molecule has 1 amide bonds. The third kappa shape index (κ3) is 4.10. The van der Waals surface area contributed by atoms with E-state index in [9.17, 15) is 9.90 Å². The van der Waals surface area contributed by atoms with Crippen LogP contribution in [0, 0.1) is 0 Å². The Labute approximate surface area is 102 Å². The molecule has 0 saturated heterocycles. The summed E-state index contributed by atoms with van der Waals surface area (Å²) in [5.74, 6) is 0.129. The number of rotatable bonds is 4. The number of halogens is 2. The van der Waals surface area contributed by atoms with Gasteiger partial charge < -0.3 is 10.4 Å². The van der Waals surface area contributed by atoms with E-state index in [2.05, 4.69) is 21.2 Å². The Morgan fingerprint density at radius 3 is 2.93 bits per heavy atom. The first kappa shape index (κ1) is 12.3. The number of nitrogens with one attached hydrogen (secondary N) is 1. The lowest BCUT2D eigenvalue weighted by molar-refractivity contribution is -0.118. The van der Waals surface area contributed by atoms with Crippen LogP contribution in [0.25, 0.3) is 0 Å². The summed E-state index contributed by atoms with van der Waals surface area (Å²) in [4.78, 5) is 10.9. The molecule has 0 fully saturated rings. The number of benzene rings is 1. The highest BCUT2D eigenvalue weighted by Gasteiger charge is 2.03. The molecule has 0 bridgehead atoms. The fourth-order valence-electron chi connectivity index (χ4n) is 1.14. The Balaban J connectivity index is 2.50. The maximum absolute atomic E-state index is 10.9. The lowest BCUT2D eigenvalue weighted by atomic mass is 10.1. The van der Waals surface area contributed by atoms with Crippen LogP contribution in [-0.4, -0.2) is 22.9 Å². The minimum Gasteiger partial charge on any atom is -0.508 e. The molecular weight excluding hydrogens is 281 g/mol. The number of amides is 1. The fourth-order valence-corrected chi connectivity index (χ4v) is 1.53. The topological polar surface area (TPSA) is 49.3 Å². The van der Waals surface area contributed by atoms with E-state index in [0.29, 0.717) is 18.0 Å². The first-order valence-electron chi connectivity index (χ1n) is 4.43. The van der Waals surface area contributed by atoms with E-state index in [1.54, 1.807) is 18.2 Å². The Kier molecular flexibility index (Phi) is 4.91. The zero-order chi connectivity index (χ0) is 11.3. The minimum atomic E-state index is -0.0727. The molecule has 0 aromatic heterocycles. The van der Waals surface area contributed by atoms with Crippen molar-refractivity contribution in [3.05, 3.63) is 28.8 Å². The number of aromatic hydroxyl groups is 1. The smallest absolute Gasteiger partial charge is 0.230 e. The minimum absolute atomic E-state index is 0.0727. The van der Waals surface area contributed by atoms with E-state index >= 15 is 0 Å². The summed E-state index contributed by atoms with van der Waals surface area (Å²) >= 11 is 8.82. The highest BCUT2D eigenvalue weighted by atomic mass is 79.9. The summed E-state index contributed by atoms with van der Waals surface area (Å²) in [7, 11) is 0. The van der Waals surface area contributed by atoms with Crippen molar-refractivity contribution in [3.8, 4) is 5.75 Å². The van der Waals surface area contributed by atoms with Crippen molar-refractivity contribution < 1.29 is 9.90 Å². The van der Waals surface area contributed by atoms with Gasteiger partial charge in [0, 0.05) is 11.6 Å². The van der Waals surface area contributed by atoms with Gasteiger partial charge in [-0.25, -0.2) is 0 Å². The van der Waals surface area contributed by atoms with E-state index in [0.717, 1.165) is 5.56 Å². The second-order valence-electron chi connectivity index (χ2n) is 3.01. The number of phenolic OH excluding ortho intramolecular Hbond substituents is 1. The number of hydrogen-bond acceptors (Lipinski definition) is 2. The van der Waals surface area contributed by atoms with Gasteiger partial charge in [-0.2, -0.15) is 0 Å². The van der Waals surface area contributed by atoms with Crippen molar-refractivity contribution in [3.63, 3.8) is 0 Å². The number of carbonyl (C=O) groups excluding carboxylic acids is 1. The van der Waals surface area contributed by atoms with Gasteiger partial charge >= 0.3 is 0 Å². The van der Waals surface area contributed by atoms with Crippen LogP contribution in [0.3, 0.4) is 0 Å². The summed E-state index contributed by atoms with van der Waals surface area (Å²) in [6.07, 6.45) is 0.561. The Bertz CT molecular complexity index is 357. The van der Waals surface area contributed by atoms with Crippen molar-refractivity contribution in [2.45, 2.75) is 6.42 Å². The van der Waals surface area contributed by atoms with Gasteiger partial charge in [0.2, 0.25) is 5.91 Å². The SMILES string of the molecule is O=C(CBr)NCCc1cc(Cl)ccc1O. The zero-order valence-corrected chi connectivity index (χ0v) is 10.3. The number of hydrogen-bond donors (Lipinski definition) is 2. The molecule has 15 heavy (non-hydrogen) atoms. The first-order chi connectivity index (χ1) is 7.13. The summed E-state index contributed by atoms with van der Waals surface area (Å²) in [6, 6.07) is 4.86. The third-order valence-corrected chi connectivity index (χ3v) is 2.62. The fraction of sp³-hybridized carbons (Fsp3) is 0.300. The monoisotopic (exact) mass is 291 g/mol. The quantitative estimate of drug-likeness (QED) is 0.835. The molecule has 1 aromatic carbocycles. The van der Waals surface area contributed by atoms with Gasteiger partial charge in [0.25, 0.3) is 0 Å². The van der Waals surface area contributed by atoms with Crippen LogP contribution in [0.15, 0.2) is 18.2 Å². The van der Waals surface area contributed by atoms with Gasteiger partial charge in [-0.15, -0.1) is 0 Å². The molecule has 0 aliphatic heterocycles. The molecule has 0 heterocycles. The molecule has 0 saturated carbocycles. The van der Waals surface area contributed by atoms with Crippen molar-refractivity contribution in [1.29, 1.82) is 0 Å². The van der Waals surface area contributed by atoms with Crippen LogP contribution in [0.2, 0.25) is 5.02 Å². The van der Waals surface area contributed by atoms with Crippen LogP contribution < -0.4 is 5.32 Å². The number of phenols is 1. The lowest BCUT2D eigenvalue weighted by Crippen LogP contribution is -2.26. The largest absolute Gasteiger partial charge is 0.508 e. The molecule has 1 aromatic rings. The summed E-state index contributed by atoms with van der Waals surface area (Å²) in [6.45, 7) is 0.484. The van der Waals surface area contributed by atoms with E-state index in [-0.39, 0.29) is 17.0 Å². The summed E-state index contributed by atoms with van der Waals surface area (Å²) in [5, 5.41) is 13.0. The van der Waals surface area contributed by atoms with Gasteiger partial charge in [-0.3, -0.25) is 4.79 Å². The summed E-state index contributed by atoms with van der Waals surface area (Å²) in [5.41, 5.74) is 0.734. The van der Waals surface area contributed by atoms with Gasteiger partial charge in [-0.1, -0.05) is 27.5 Å². The highest BCUT2D eigenvalue weighted by Crippen LogP contribution is 2.21. The molecule has 0 aliphatic rings. The molecule has 5 heteroatoms. The Hall–Kier alpha value is -0.740. The predicted octanol–water partition coefficient (Wildman–Crippen LogP) is 2.10. The van der Waals surface area contributed by atoms with E-state index in [4.69, 9.17) is 11.6 Å². The standard InChI is InChI=1S/C10H11BrClNO2/c11-6-10(15)13-4-3-7-5-8(12)1-2-9(7)14/h1-2,5,14H,3-4,6H2,(H,13,15). The average molecular weight is 293 g/mol. The van der Waals surface area contributed by atoms with Crippen LogP contribution in [-0.2, 0) is 11.2 Å². The van der Waals surface area contributed by atoms with Crippen LogP contribution in [0.1, 0.15) is 5.56 Å². The normalized spacial score (nSPS) is 10.0. The maximum atomic E-state index is 10.9. The third-order valence-electron chi connectivity index (χ3n) is 1.88. The maximum Gasteiger partial charge on any atom is 0.230 e.